The highest BCUT2D eigenvalue weighted by Gasteiger charge is 2.24. The summed E-state index contributed by atoms with van der Waals surface area (Å²) in [6.07, 6.45) is 8.70. The average molecular weight is 508 g/mol. The fraction of sp³-hybridized carbons (Fsp3) is 0.222. The number of ether oxygens (including phenoxy) is 1. The van der Waals surface area contributed by atoms with Crippen molar-refractivity contribution in [3.05, 3.63) is 77.7 Å². The molecule has 1 aliphatic heterocycles. The molecule has 11 nitrogen and oxygen atoms in total. The summed E-state index contributed by atoms with van der Waals surface area (Å²) in [7, 11) is 1.73. The van der Waals surface area contributed by atoms with Crippen molar-refractivity contribution in [2.24, 2.45) is 7.05 Å². The molecule has 6 heterocycles. The molecule has 0 saturated carbocycles. The Hall–Kier alpha value is -4.77. The van der Waals surface area contributed by atoms with Crippen LogP contribution in [-0.4, -0.2) is 51.9 Å². The molecule has 1 fully saturated rings. The predicted octanol–water partition coefficient (Wildman–Crippen LogP) is 3.23. The van der Waals surface area contributed by atoms with E-state index in [1.54, 1.807) is 29.9 Å². The summed E-state index contributed by atoms with van der Waals surface area (Å²) in [4.78, 5) is 16.2. The molecule has 0 aliphatic carbocycles. The number of anilines is 1. The van der Waals surface area contributed by atoms with E-state index in [1.807, 2.05) is 33.7 Å². The standard InChI is InChI=1S/C27H25N9O2/c1-33-15-20(4-5-25(33)37)35-23-12-17(2-3-18(23)14-31-35)24-13-21(26-27(28)29-16-32-36(24)26)22-6-9-30-34(22)19-7-10-38-11-8-19/h2-6,9,12-16,19H,7-8,10-11H2,1H3,(H2,28,29,32). The van der Waals surface area contributed by atoms with Crippen LogP contribution in [0.25, 0.3) is 44.6 Å². The Bertz CT molecular complexity index is 1870. The van der Waals surface area contributed by atoms with Gasteiger partial charge in [-0.05, 0) is 37.1 Å². The average Bonchev–Trinajstić information content (AvgIpc) is 3.68. The molecule has 0 atom stereocenters. The third-order valence-electron chi connectivity index (χ3n) is 7.25. The Morgan fingerprint density at radius 2 is 1.87 bits per heavy atom. The number of rotatable bonds is 4. The summed E-state index contributed by atoms with van der Waals surface area (Å²) in [5, 5.41) is 14.8. The maximum Gasteiger partial charge on any atom is 0.250 e. The second kappa shape index (κ2) is 8.67. The molecular weight excluding hydrogens is 482 g/mol. The number of fused-ring (bicyclic) bond motifs is 2. The molecule has 0 unspecified atom stereocenters. The van der Waals surface area contributed by atoms with Crippen molar-refractivity contribution in [1.82, 2.24) is 38.7 Å². The van der Waals surface area contributed by atoms with E-state index < -0.39 is 0 Å². The number of hydrogen-bond acceptors (Lipinski definition) is 7. The summed E-state index contributed by atoms with van der Waals surface area (Å²) in [6.45, 7) is 1.44. The van der Waals surface area contributed by atoms with E-state index in [0.717, 1.165) is 70.7 Å². The number of aryl methyl sites for hydroxylation is 1. The monoisotopic (exact) mass is 507 g/mol. The van der Waals surface area contributed by atoms with E-state index >= 15 is 0 Å². The van der Waals surface area contributed by atoms with E-state index in [1.165, 1.54) is 6.33 Å². The molecule has 38 heavy (non-hydrogen) atoms. The van der Waals surface area contributed by atoms with Gasteiger partial charge in [0.25, 0.3) is 0 Å². The summed E-state index contributed by atoms with van der Waals surface area (Å²) in [6, 6.07) is 13.8. The fourth-order valence-electron chi connectivity index (χ4n) is 5.31. The summed E-state index contributed by atoms with van der Waals surface area (Å²) in [5.74, 6) is 0.400. The van der Waals surface area contributed by atoms with Gasteiger partial charge >= 0.3 is 0 Å². The molecule has 0 spiro atoms. The molecular formula is C27H25N9O2. The molecule has 7 rings (SSSR count). The van der Waals surface area contributed by atoms with Gasteiger partial charge in [-0.1, -0.05) is 12.1 Å². The lowest BCUT2D eigenvalue weighted by Crippen LogP contribution is -2.21. The number of aromatic nitrogens is 8. The first-order chi connectivity index (χ1) is 18.6. The SMILES string of the molecule is Cn1cc(-n2ncc3ccc(-c4cc(-c5ccnn5C5CCOCC5)c5c(N)ncnn45)cc32)ccc1=O. The number of benzene rings is 1. The van der Waals surface area contributed by atoms with Crippen LogP contribution in [0.2, 0.25) is 0 Å². The first-order valence-electron chi connectivity index (χ1n) is 12.5. The van der Waals surface area contributed by atoms with Crippen LogP contribution in [0.4, 0.5) is 5.82 Å². The zero-order valence-electron chi connectivity index (χ0n) is 20.7. The van der Waals surface area contributed by atoms with Gasteiger partial charge in [0.05, 0.1) is 34.8 Å². The smallest absolute Gasteiger partial charge is 0.250 e. The molecule has 1 aliphatic rings. The highest BCUT2D eigenvalue weighted by Crippen LogP contribution is 2.37. The van der Waals surface area contributed by atoms with E-state index in [-0.39, 0.29) is 11.6 Å². The highest BCUT2D eigenvalue weighted by molar-refractivity contribution is 5.92. The van der Waals surface area contributed by atoms with Crippen LogP contribution in [0.1, 0.15) is 18.9 Å². The Morgan fingerprint density at radius 1 is 1.00 bits per heavy atom. The van der Waals surface area contributed by atoms with Crippen LogP contribution in [0, 0.1) is 0 Å². The van der Waals surface area contributed by atoms with Crippen LogP contribution in [0.3, 0.4) is 0 Å². The number of pyridine rings is 1. The van der Waals surface area contributed by atoms with Gasteiger partial charge in [-0.2, -0.15) is 15.3 Å². The fourth-order valence-corrected chi connectivity index (χ4v) is 5.31. The third kappa shape index (κ3) is 3.51. The van der Waals surface area contributed by atoms with Crippen LogP contribution < -0.4 is 11.3 Å². The third-order valence-corrected chi connectivity index (χ3v) is 7.25. The molecule has 2 N–H and O–H groups in total. The van der Waals surface area contributed by atoms with Crippen LogP contribution in [0.15, 0.2) is 72.2 Å². The van der Waals surface area contributed by atoms with E-state index in [9.17, 15) is 4.79 Å². The van der Waals surface area contributed by atoms with Gasteiger partial charge in [0.1, 0.15) is 11.8 Å². The van der Waals surface area contributed by atoms with Gasteiger partial charge < -0.3 is 15.0 Å². The second-order valence-electron chi connectivity index (χ2n) is 9.52. The lowest BCUT2D eigenvalue weighted by atomic mass is 10.1. The Morgan fingerprint density at radius 3 is 2.71 bits per heavy atom. The highest BCUT2D eigenvalue weighted by atomic mass is 16.5. The molecule has 6 aromatic rings. The van der Waals surface area contributed by atoms with Crippen molar-refractivity contribution in [2.75, 3.05) is 18.9 Å². The topological polar surface area (TPSA) is 123 Å². The predicted molar refractivity (Wildman–Crippen MR) is 143 cm³/mol. The van der Waals surface area contributed by atoms with Crippen LogP contribution in [-0.2, 0) is 11.8 Å². The molecule has 11 heteroatoms. The van der Waals surface area contributed by atoms with E-state index in [2.05, 4.69) is 43.2 Å². The first kappa shape index (κ1) is 22.4. The number of nitrogen functional groups attached to an aromatic ring is 1. The molecule has 0 amide bonds. The van der Waals surface area contributed by atoms with Crippen molar-refractivity contribution >= 4 is 22.2 Å². The Balaban J connectivity index is 1.40. The van der Waals surface area contributed by atoms with Gasteiger partial charge in [-0.15, -0.1) is 0 Å². The van der Waals surface area contributed by atoms with Gasteiger partial charge in [0.2, 0.25) is 5.56 Å². The van der Waals surface area contributed by atoms with Crippen molar-refractivity contribution in [1.29, 1.82) is 0 Å². The Labute approximate surface area is 216 Å². The quantitative estimate of drug-likeness (QED) is 0.389. The van der Waals surface area contributed by atoms with Crippen LogP contribution in [0.5, 0.6) is 0 Å². The molecule has 1 saturated heterocycles. The maximum atomic E-state index is 11.9. The van der Waals surface area contributed by atoms with Gasteiger partial charge in [-0.3, -0.25) is 9.48 Å². The van der Waals surface area contributed by atoms with Gasteiger partial charge in [0, 0.05) is 55.2 Å². The minimum atomic E-state index is -0.0737. The summed E-state index contributed by atoms with van der Waals surface area (Å²) >= 11 is 0. The van der Waals surface area contributed by atoms with Crippen molar-refractivity contribution in [3.8, 4) is 28.2 Å². The summed E-state index contributed by atoms with van der Waals surface area (Å²) < 4.78 is 12.9. The van der Waals surface area contributed by atoms with Crippen LogP contribution >= 0.6 is 0 Å². The normalized spacial score (nSPS) is 14.6. The Kier molecular flexibility index (Phi) is 5.11. The molecule has 0 radical (unpaired) electrons. The number of hydrogen-bond donors (Lipinski definition) is 1. The molecule has 5 aromatic heterocycles. The minimum absolute atomic E-state index is 0.0737. The zero-order valence-corrected chi connectivity index (χ0v) is 20.7. The van der Waals surface area contributed by atoms with Gasteiger partial charge in [0.15, 0.2) is 5.82 Å². The van der Waals surface area contributed by atoms with E-state index in [0.29, 0.717) is 5.82 Å². The van der Waals surface area contributed by atoms with Crippen molar-refractivity contribution < 1.29 is 4.74 Å². The molecule has 0 bridgehead atoms. The van der Waals surface area contributed by atoms with Crippen molar-refractivity contribution in [3.63, 3.8) is 0 Å². The van der Waals surface area contributed by atoms with Crippen molar-refractivity contribution in [2.45, 2.75) is 18.9 Å². The zero-order chi connectivity index (χ0) is 25.8. The number of nitrogens with two attached hydrogens (primary N) is 1. The largest absolute Gasteiger partial charge is 0.382 e. The summed E-state index contributed by atoms with van der Waals surface area (Å²) in [5.41, 5.74) is 12.5. The number of nitrogens with zero attached hydrogens (tertiary/aromatic N) is 8. The lowest BCUT2D eigenvalue weighted by molar-refractivity contribution is 0.0667. The minimum Gasteiger partial charge on any atom is -0.382 e. The lowest BCUT2D eigenvalue weighted by Gasteiger charge is -2.24. The first-order valence-corrected chi connectivity index (χ1v) is 12.5. The van der Waals surface area contributed by atoms with Gasteiger partial charge in [-0.25, -0.2) is 14.2 Å². The molecule has 190 valence electrons. The maximum absolute atomic E-state index is 11.9. The second-order valence-corrected chi connectivity index (χ2v) is 9.52. The molecule has 1 aromatic carbocycles. The van der Waals surface area contributed by atoms with E-state index in [4.69, 9.17) is 10.5 Å².